The zero-order chi connectivity index (χ0) is 14.3. The lowest BCUT2D eigenvalue weighted by Crippen LogP contribution is -2.18. The molecule has 0 aromatic carbocycles. The van der Waals surface area contributed by atoms with Crippen molar-refractivity contribution in [2.45, 2.75) is 33.1 Å². The van der Waals surface area contributed by atoms with Crippen LogP contribution in [-0.2, 0) is 13.5 Å². The maximum Gasteiger partial charge on any atom is 0.333 e. The summed E-state index contributed by atoms with van der Waals surface area (Å²) >= 11 is 0. The molecule has 0 spiro atoms. The van der Waals surface area contributed by atoms with Gasteiger partial charge in [-0.15, -0.1) is 0 Å². The highest BCUT2D eigenvalue weighted by Gasteiger charge is 2.25. The molecule has 0 fully saturated rings. The van der Waals surface area contributed by atoms with Crippen molar-refractivity contribution < 1.29 is 4.92 Å². The van der Waals surface area contributed by atoms with E-state index in [4.69, 9.17) is 0 Å². The monoisotopic (exact) mass is 269 g/mol. The van der Waals surface area contributed by atoms with Crippen molar-refractivity contribution in [1.82, 2.24) is 15.1 Å². The molecule has 0 saturated carbocycles. The van der Waals surface area contributed by atoms with E-state index in [1.165, 1.54) is 0 Å². The number of aryl methyl sites for hydroxylation is 2. The summed E-state index contributed by atoms with van der Waals surface area (Å²) in [6, 6.07) is 0. The lowest BCUT2D eigenvalue weighted by molar-refractivity contribution is -0.384. The molecule has 108 valence electrons. The molecule has 1 aromatic rings. The van der Waals surface area contributed by atoms with Gasteiger partial charge in [-0.2, -0.15) is 5.10 Å². The first kappa shape index (κ1) is 15.4. The fraction of sp³-hybridized carbons (Fsp3) is 0.750. The van der Waals surface area contributed by atoms with Crippen molar-refractivity contribution in [3.63, 3.8) is 0 Å². The van der Waals surface area contributed by atoms with Gasteiger partial charge in [0, 0.05) is 13.6 Å². The summed E-state index contributed by atoms with van der Waals surface area (Å²) in [5, 5.41) is 21.7. The van der Waals surface area contributed by atoms with Crippen LogP contribution in [0.3, 0.4) is 0 Å². The van der Waals surface area contributed by atoms with E-state index >= 15 is 0 Å². The normalized spacial score (nSPS) is 10.7. The van der Waals surface area contributed by atoms with Gasteiger partial charge in [-0.25, -0.2) is 4.68 Å². The topological polar surface area (TPSA) is 85.0 Å². The first-order valence-electron chi connectivity index (χ1n) is 6.76. The number of hydrogen-bond acceptors (Lipinski definition) is 5. The minimum absolute atomic E-state index is 0.118. The highest BCUT2D eigenvalue weighted by atomic mass is 16.6. The average Bonchev–Trinajstić information content (AvgIpc) is 2.66. The van der Waals surface area contributed by atoms with Gasteiger partial charge in [-0.3, -0.25) is 10.1 Å². The number of nitrogens with zero attached hydrogens (tertiary/aromatic N) is 3. The molecule has 0 bridgehead atoms. The zero-order valence-electron chi connectivity index (χ0n) is 11.9. The summed E-state index contributed by atoms with van der Waals surface area (Å²) in [5.41, 5.74) is 0.678. The Hall–Kier alpha value is -1.63. The number of nitrogens with one attached hydrogen (secondary N) is 2. The number of anilines is 1. The van der Waals surface area contributed by atoms with Gasteiger partial charge >= 0.3 is 5.69 Å². The van der Waals surface area contributed by atoms with Crippen LogP contribution in [-0.4, -0.2) is 34.3 Å². The van der Waals surface area contributed by atoms with Crippen LogP contribution in [0.15, 0.2) is 0 Å². The van der Waals surface area contributed by atoms with E-state index in [0.29, 0.717) is 24.5 Å². The van der Waals surface area contributed by atoms with Crippen molar-refractivity contribution in [2.24, 2.45) is 7.05 Å². The molecule has 0 radical (unpaired) electrons. The predicted octanol–water partition coefficient (Wildman–Crippen LogP) is 1.69. The Balaban J connectivity index is 2.72. The average molecular weight is 269 g/mol. The van der Waals surface area contributed by atoms with Gasteiger partial charge in [0.25, 0.3) is 0 Å². The Bertz CT molecular complexity index is 416. The summed E-state index contributed by atoms with van der Waals surface area (Å²) < 4.78 is 1.57. The van der Waals surface area contributed by atoms with Gasteiger partial charge in [0.15, 0.2) is 0 Å². The third-order valence-electron chi connectivity index (χ3n) is 2.83. The summed E-state index contributed by atoms with van der Waals surface area (Å²) in [6.45, 7) is 6.57. The van der Waals surface area contributed by atoms with Crippen LogP contribution in [0.2, 0.25) is 0 Å². The van der Waals surface area contributed by atoms with Crippen molar-refractivity contribution in [1.29, 1.82) is 0 Å². The predicted molar refractivity (Wildman–Crippen MR) is 75.5 cm³/mol. The Morgan fingerprint density at radius 1 is 1.37 bits per heavy atom. The molecule has 19 heavy (non-hydrogen) atoms. The van der Waals surface area contributed by atoms with Crippen LogP contribution in [0.4, 0.5) is 11.5 Å². The number of hydrogen-bond donors (Lipinski definition) is 2. The SMILES string of the molecule is CCCc1nn(C)c(NCCCNCC)c1[N+](=O)[O-]. The molecule has 1 rings (SSSR count). The number of rotatable bonds is 9. The van der Waals surface area contributed by atoms with E-state index in [2.05, 4.69) is 22.7 Å². The van der Waals surface area contributed by atoms with E-state index in [-0.39, 0.29) is 10.6 Å². The third kappa shape index (κ3) is 4.20. The van der Waals surface area contributed by atoms with Crippen LogP contribution >= 0.6 is 0 Å². The van der Waals surface area contributed by atoms with Gasteiger partial charge in [0.05, 0.1) is 4.92 Å². The van der Waals surface area contributed by atoms with Crippen molar-refractivity contribution in [2.75, 3.05) is 25.0 Å². The van der Waals surface area contributed by atoms with Gasteiger partial charge in [-0.05, 0) is 25.9 Å². The number of nitro groups is 1. The summed E-state index contributed by atoms with van der Waals surface area (Å²) in [5.74, 6) is 0.505. The molecule has 0 aliphatic carbocycles. The van der Waals surface area contributed by atoms with Crippen LogP contribution in [0.1, 0.15) is 32.4 Å². The van der Waals surface area contributed by atoms with Crippen LogP contribution in [0.25, 0.3) is 0 Å². The lowest BCUT2D eigenvalue weighted by atomic mass is 10.2. The molecular weight excluding hydrogens is 246 g/mol. The first-order chi connectivity index (χ1) is 9.11. The molecule has 0 saturated heterocycles. The zero-order valence-corrected chi connectivity index (χ0v) is 11.9. The molecule has 2 N–H and O–H groups in total. The molecule has 0 atom stereocenters. The van der Waals surface area contributed by atoms with Crippen LogP contribution < -0.4 is 10.6 Å². The van der Waals surface area contributed by atoms with Crippen molar-refractivity contribution in [3.8, 4) is 0 Å². The number of aromatic nitrogens is 2. The third-order valence-corrected chi connectivity index (χ3v) is 2.83. The van der Waals surface area contributed by atoms with E-state index in [1.54, 1.807) is 11.7 Å². The molecule has 0 unspecified atom stereocenters. The lowest BCUT2D eigenvalue weighted by Gasteiger charge is -2.06. The molecule has 7 heteroatoms. The molecule has 0 aliphatic heterocycles. The molecule has 0 amide bonds. The fourth-order valence-electron chi connectivity index (χ4n) is 1.96. The van der Waals surface area contributed by atoms with E-state index in [0.717, 1.165) is 25.9 Å². The van der Waals surface area contributed by atoms with Crippen LogP contribution in [0, 0.1) is 10.1 Å². The molecule has 0 aliphatic rings. The Kier molecular flexibility index (Phi) is 6.27. The first-order valence-corrected chi connectivity index (χ1v) is 6.76. The Labute approximate surface area is 113 Å². The Morgan fingerprint density at radius 2 is 2.11 bits per heavy atom. The quantitative estimate of drug-likeness (QED) is 0.405. The molecular formula is C12H23N5O2. The van der Waals surface area contributed by atoms with Gasteiger partial charge in [0.1, 0.15) is 5.69 Å². The summed E-state index contributed by atoms with van der Waals surface area (Å²) in [6.07, 6.45) is 2.39. The highest BCUT2D eigenvalue weighted by Crippen LogP contribution is 2.28. The second-order valence-electron chi connectivity index (χ2n) is 4.41. The maximum atomic E-state index is 11.2. The summed E-state index contributed by atoms with van der Waals surface area (Å²) in [4.78, 5) is 10.8. The minimum atomic E-state index is -0.343. The van der Waals surface area contributed by atoms with Gasteiger partial charge < -0.3 is 10.6 Å². The second kappa shape index (κ2) is 7.73. The standard InChI is InChI=1S/C12H23N5O2/c1-4-7-10-11(17(18)19)12(16(3)15-10)14-9-6-8-13-5-2/h13-14H,4-9H2,1-3H3. The minimum Gasteiger partial charge on any atom is -0.364 e. The highest BCUT2D eigenvalue weighted by molar-refractivity contribution is 5.59. The molecule has 1 aromatic heterocycles. The van der Waals surface area contributed by atoms with Gasteiger partial charge in [-0.1, -0.05) is 20.3 Å². The van der Waals surface area contributed by atoms with E-state index in [1.807, 2.05) is 6.92 Å². The molecule has 7 nitrogen and oxygen atoms in total. The largest absolute Gasteiger partial charge is 0.364 e. The smallest absolute Gasteiger partial charge is 0.333 e. The fourth-order valence-corrected chi connectivity index (χ4v) is 1.96. The van der Waals surface area contributed by atoms with Crippen molar-refractivity contribution >= 4 is 11.5 Å². The molecule has 1 heterocycles. The van der Waals surface area contributed by atoms with Gasteiger partial charge in [0.2, 0.25) is 5.82 Å². The van der Waals surface area contributed by atoms with Crippen LogP contribution in [0.5, 0.6) is 0 Å². The summed E-state index contributed by atoms with van der Waals surface area (Å²) in [7, 11) is 1.73. The van der Waals surface area contributed by atoms with Crippen molar-refractivity contribution in [3.05, 3.63) is 15.8 Å². The maximum absolute atomic E-state index is 11.2. The van der Waals surface area contributed by atoms with E-state index < -0.39 is 0 Å². The second-order valence-corrected chi connectivity index (χ2v) is 4.41. The van der Waals surface area contributed by atoms with E-state index in [9.17, 15) is 10.1 Å². The Morgan fingerprint density at radius 3 is 2.68 bits per heavy atom.